The number of carbonyl (C=O) groups is 1. The van der Waals surface area contributed by atoms with Crippen LogP contribution in [0.4, 0.5) is 24.5 Å². The molecular weight excluding hydrogens is 295 g/mol. The van der Waals surface area contributed by atoms with Gasteiger partial charge in [0.2, 0.25) is 0 Å². The lowest BCUT2D eigenvalue weighted by Crippen LogP contribution is -2.05. The minimum Gasteiger partial charge on any atom is -0.469 e. The van der Waals surface area contributed by atoms with E-state index in [2.05, 4.69) is 10.1 Å². The predicted octanol–water partition coefficient (Wildman–Crippen LogP) is 4.16. The summed E-state index contributed by atoms with van der Waals surface area (Å²) < 4.78 is 42.5. The van der Waals surface area contributed by atoms with E-state index in [0.29, 0.717) is 11.4 Å². The summed E-state index contributed by atoms with van der Waals surface area (Å²) in [4.78, 5) is 11.1. The highest BCUT2D eigenvalue weighted by molar-refractivity contribution is 5.72. The fourth-order valence-corrected chi connectivity index (χ4v) is 1.88. The third-order valence-corrected chi connectivity index (χ3v) is 3.01. The summed E-state index contributed by atoms with van der Waals surface area (Å²) in [5, 5.41) is 2.89. The Balaban J connectivity index is 2.09. The zero-order valence-corrected chi connectivity index (χ0v) is 11.8. The number of alkyl halides is 3. The van der Waals surface area contributed by atoms with Crippen molar-refractivity contribution in [1.82, 2.24) is 0 Å². The summed E-state index contributed by atoms with van der Waals surface area (Å²) in [6, 6.07) is 11.8. The van der Waals surface area contributed by atoms with Crippen molar-refractivity contribution in [3.8, 4) is 0 Å². The van der Waals surface area contributed by atoms with E-state index in [0.717, 1.165) is 17.7 Å². The summed E-state index contributed by atoms with van der Waals surface area (Å²) in [6.07, 6.45) is -4.22. The summed E-state index contributed by atoms with van der Waals surface area (Å²) in [5.41, 5.74) is 1.03. The molecule has 22 heavy (non-hydrogen) atoms. The number of ether oxygens (including phenoxy) is 1. The number of nitrogens with one attached hydrogen (secondary N) is 1. The molecule has 2 rings (SSSR count). The van der Waals surface area contributed by atoms with E-state index in [4.69, 9.17) is 0 Å². The Morgan fingerprint density at radius 2 is 1.77 bits per heavy atom. The van der Waals surface area contributed by atoms with E-state index >= 15 is 0 Å². The normalized spacial score (nSPS) is 11.1. The van der Waals surface area contributed by atoms with Gasteiger partial charge in [0.25, 0.3) is 0 Å². The first-order valence-electron chi connectivity index (χ1n) is 6.48. The molecule has 6 heteroatoms. The van der Waals surface area contributed by atoms with Crippen LogP contribution < -0.4 is 5.32 Å². The predicted molar refractivity (Wildman–Crippen MR) is 76.9 cm³/mol. The van der Waals surface area contributed by atoms with Gasteiger partial charge in [-0.1, -0.05) is 18.2 Å². The fraction of sp³-hybridized carbons (Fsp3) is 0.188. The van der Waals surface area contributed by atoms with Crippen molar-refractivity contribution in [3.63, 3.8) is 0 Å². The standard InChI is InChI=1S/C16H14F3NO2/c1-22-15(21)9-11-5-7-13(8-6-11)20-14-4-2-3-12(10-14)16(17,18)19/h2-8,10,20H,9H2,1H3. The molecule has 3 nitrogen and oxygen atoms in total. The highest BCUT2D eigenvalue weighted by Crippen LogP contribution is 2.31. The number of carbonyl (C=O) groups excluding carboxylic acids is 1. The van der Waals surface area contributed by atoms with Crippen LogP contribution in [0.25, 0.3) is 0 Å². The second-order valence-corrected chi connectivity index (χ2v) is 4.65. The van der Waals surface area contributed by atoms with Crippen LogP contribution >= 0.6 is 0 Å². The molecule has 0 aliphatic carbocycles. The molecule has 1 N–H and O–H groups in total. The van der Waals surface area contributed by atoms with Crippen LogP contribution in [0, 0.1) is 0 Å². The summed E-state index contributed by atoms with van der Waals surface area (Å²) in [7, 11) is 1.31. The van der Waals surface area contributed by atoms with E-state index in [9.17, 15) is 18.0 Å². The first kappa shape index (κ1) is 15.9. The summed E-state index contributed by atoms with van der Waals surface area (Å²) in [6.45, 7) is 0. The van der Waals surface area contributed by atoms with Crippen LogP contribution in [0.2, 0.25) is 0 Å². The molecule has 0 atom stereocenters. The minimum absolute atomic E-state index is 0.153. The molecule has 0 spiro atoms. The molecule has 0 bridgehead atoms. The Labute approximate surface area is 125 Å². The summed E-state index contributed by atoms with van der Waals surface area (Å²) >= 11 is 0. The van der Waals surface area contributed by atoms with Crippen LogP contribution in [-0.4, -0.2) is 13.1 Å². The van der Waals surface area contributed by atoms with E-state index < -0.39 is 11.7 Å². The van der Waals surface area contributed by atoms with Crippen molar-refractivity contribution in [2.45, 2.75) is 12.6 Å². The van der Waals surface area contributed by atoms with Crippen molar-refractivity contribution in [2.75, 3.05) is 12.4 Å². The molecule has 0 aliphatic heterocycles. The third-order valence-electron chi connectivity index (χ3n) is 3.01. The van der Waals surface area contributed by atoms with Gasteiger partial charge in [-0.25, -0.2) is 0 Å². The Bertz CT molecular complexity index is 651. The number of halogens is 3. The fourth-order valence-electron chi connectivity index (χ4n) is 1.88. The van der Waals surface area contributed by atoms with Crippen molar-refractivity contribution < 1.29 is 22.7 Å². The molecule has 0 aromatic heterocycles. The van der Waals surface area contributed by atoms with Crippen molar-refractivity contribution in [3.05, 3.63) is 59.7 Å². The lowest BCUT2D eigenvalue weighted by atomic mass is 10.1. The number of methoxy groups -OCH3 is 1. The van der Waals surface area contributed by atoms with Gasteiger partial charge in [0.05, 0.1) is 19.1 Å². The van der Waals surface area contributed by atoms with Crippen molar-refractivity contribution >= 4 is 17.3 Å². The van der Waals surface area contributed by atoms with E-state index in [1.165, 1.54) is 13.2 Å². The number of rotatable bonds is 4. The lowest BCUT2D eigenvalue weighted by Gasteiger charge is -2.11. The molecule has 2 aromatic rings. The highest BCUT2D eigenvalue weighted by Gasteiger charge is 2.30. The maximum atomic E-state index is 12.6. The maximum Gasteiger partial charge on any atom is 0.416 e. The van der Waals surface area contributed by atoms with Gasteiger partial charge in [-0.3, -0.25) is 4.79 Å². The smallest absolute Gasteiger partial charge is 0.416 e. The first-order chi connectivity index (χ1) is 10.4. The van der Waals surface area contributed by atoms with E-state index in [-0.39, 0.29) is 12.4 Å². The molecule has 0 fully saturated rings. The lowest BCUT2D eigenvalue weighted by molar-refractivity contribution is -0.140. The minimum atomic E-state index is -4.37. The van der Waals surface area contributed by atoms with Gasteiger partial charge >= 0.3 is 12.1 Å². The SMILES string of the molecule is COC(=O)Cc1ccc(Nc2cccc(C(F)(F)F)c2)cc1. The van der Waals surface area contributed by atoms with Gasteiger partial charge in [0.1, 0.15) is 0 Å². The monoisotopic (exact) mass is 309 g/mol. The zero-order chi connectivity index (χ0) is 16.2. The van der Waals surface area contributed by atoms with Crippen LogP contribution in [0.3, 0.4) is 0 Å². The molecule has 0 saturated carbocycles. The Kier molecular flexibility index (Phi) is 4.70. The maximum absolute atomic E-state index is 12.6. The van der Waals surface area contributed by atoms with Crippen LogP contribution in [-0.2, 0) is 22.1 Å². The molecule has 0 saturated heterocycles. The zero-order valence-electron chi connectivity index (χ0n) is 11.8. The van der Waals surface area contributed by atoms with E-state index in [1.54, 1.807) is 30.3 Å². The molecule has 0 heterocycles. The van der Waals surface area contributed by atoms with Crippen molar-refractivity contribution in [2.24, 2.45) is 0 Å². The Morgan fingerprint density at radius 3 is 2.36 bits per heavy atom. The third kappa shape index (κ3) is 4.25. The number of hydrogen-bond donors (Lipinski definition) is 1. The second kappa shape index (κ2) is 6.51. The number of hydrogen-bond acceptors (Lipinski definition) is 3. The molecule has 0 amide bonds. The molecule has 2 aromatic carbocycles. The molecule has 116 valence electrons. The average Bonchev–Trinajstić information content (AvgIpc) is 2.48. The molecular formula is C16H14F3NO2. The highest BCUT2D eigenvalue weighted by atomic mass is 19.4. The topological polar surface area (TPSA) is 38.3 Å². The van der Waals surface area contributed by atoms with Crippen LogP contribution in [0.15, 0.2) is 48.5 Å². The average molecular weight is 309 g/mol. The van der Waals surface area contributed by atoms with Gasteiger partial charge in [-0.2, -0.15) is 13.2 Å². The number of benzene rings is 2. The summed E-state index contributed by atoms with van der Waals surface area (Å²) in [5.74, 6) is -0.349. The van der Waals surface area contributed by atoms with Gasteiger partial charge in [-0.15, -0.1) is 0 Å². The Hall–Kier alpha value is -2.50. The number of anilines is 2. The second-order valence-electron chi connectivity index (χ2n) is 4.65. The van der Waals surface area contributed by atoms with E-state index in [1.807, 2.05) is 0 Å². The number of esters is 1. The molecule has 0 unspecified atom stereocenters. The Morgan fingerprint density at radius 1 is 1.09 bits per heavy atom. The quantitative estimate of drug-likeness (QED) is 0.862. The molecule has 0 radical (unpaired) electrons. The van der Waals surface area contributed by atoms with Gasteiger partial charge in [0, 0.05) is 11.4 Å². The van der Waals surface area contributed by atoms with Gasteiger partial charge in [-0.05, 0) is 35.9 Å². The van der Waals surface area contributed by atoms with Crippen LogP contribution in [0.1, 0.15) is 11.1 Å². The van der Waals surface area contributed by atoms with Gasteiger partial charge < -0.3 is 10.1 Å². The van der Waals surface area contributed by atoms with Gasteiger partial charge in [0.15, 0.2) is 0 Å². The molecule has 0 aliphatic rings. The van der Waals surface area contributed by atoms with Crippen LogP contribution in [0.5, 0.6) is 0 Å². The largest absolute Gasteiger partial charge is 0.469 e. The van der Waals surface area contributed by atoms with Crippen molar-refractivity contribution in [1.29, 1.82) is 0 Å². The first-order valence-corrected chi connectivity index (χ1v) is 6.48.